The molecule has 1 atom stereocenters. The Hall–Kier alpha value is -2.05. The van der Waals surface area contributed by atoms with Crippen molar-refractivity contribution in [2.75, 3.05) is 20.8 Å². The first-order chi connectivity index (χ1) is 11.1. The first-order valence-electron chi connectivity index (χ1n) is 7.44. The van der Waals surface area contributed by atoms with Crippen LogP contribution in [0.5, 0.6) is 11.5 Å². The number of methoxy groups -OCH3 is 2. The minimum atomic E-state index is -0.721. The summed E-state index contributed by atoms with van der Waals surface area (Å²) in [6, 6.07) is 10.6. The molecule has 1 unspecified atom stereocenters. The van der Waals surface area contributed by atoms with E-state index >= 15 is 0 Å². The van der Waals surface area contributed by atoms with Crippen LogP contribution in [0.3, 0.4) is 0 Å². The van der Waals surface area contributed by atoms with Crippen LogP contribution in [0.4, 0.5) is 4.39 Å². The standard InChI is InChI=1S/C17H18BFO4/c1-21-16-7-14(15(19)8-17(16)22-2)12-5-3-4-11(6-12)13-9-18(20)23-10-13/h3-8,13,20H,9-10H2,1-2H3. The van der Waals surface area contributed by atoms with Crippen molar-refractivity contribution in [2.24, 2.45) is 0 Å². The lowest BCUT2D eigenvalue weighted by Gasteiger charge is -2.13. The third-order valence-electron chi connectivity index (χ3n) is 4.12. The topological polar surface area (TPSA) is 47.9 Å². The van der Waals surface area contributed by atoms with E-state index in [0.717, 1.165) is 11.1 Å². The van der Waals surface area contributed by atoms with E-state index in [9.17, 15) is 9.41 Å². The number of rotatable bonds is 4. The molecule has 0 saturated carbocycles. The van der Waals surface area contributed by atoms with E-state index in [1.165, 1.54) is 20.3 Å². The van der Waals surface area contributed by atoms with Crippen molar-refractivity contribution in [3.63, 3.8) is 0 Å². The summed E-state index contributed by atoms with van der Waals surface area (Å²) in [4.78, 5) is 0. The summed E-state index contributed by atoms with van der Waals surface area (Å²) in [5.74, 6) is 0.585. The fourth-order valence-corrected chi connectivity index (χ4v) is 2.87. The normalized spacial score (nSPS) is 17.4. The molecular weight excluding hydrogens is 298 g/mol. The van der Waals surface area contributed by atoms with E-state index in [1.54, 1.807) is 6.07 Å². The van der Waals surface area contributed by atoms with Crippen LogP contribution in [0, 0.1) is 5.82 Å². The second kappa shape index (κ2) is 6.60. The Labute approximate surface area is 135 Å². The minimum Gasteiger partial charge on any atom is -0.493 e. The second-order valence-electron chi connectivity index (χ2n) is 5.53. The fourth-order valence-electron chi connectivity index (χ4n) is 2.87. The molecule has 1 fully saturated rings. The molecule has 2 aromatic carbocycles. The Morgan fingerprint density at radius 2 is 1.91 bits per heavy atom. The zero-order chi connectivity index (χ0) is 16.4. The molecule has 0 radical (unpaired) electrons. The summed E-state index contributed by atoms with van der Waals surface area (Å²) in [7, 11) is 2.28. The average molecular weight is 316 g/mol. The van der Waals surface area contributed by atoms with Crippen molar-refractivity contribution in [1.29, 1.82) is 0 Å². The molecule has 1 saturated heterocycles. The highest BCUT2D eigenvalue weighted by molar-refractivity contribution is 6.43. The number of ether oxygens (including phenoxy) is 2. The van der Waals surface area contributed by atoms with Crippen molar-refractivity contribution < 1.29 is 23.5 Å². The van der Waals surface area contributed by atoms with Gasteiger partial charge >= 0.3 is 7.12 Å². The highest BCUT2D eigenvalue weighted by Gasteiger charge is 2.29. The van der Waals surface area contributed by atoms with Crippen LogP contribution >= 0.6 is 0 Å². The van der Waals surface area contributed by atoms with Crippen molar-refractivity contribution in [3.05, 3.63) is 47.8 Å². The van der Waals surface area contributed by atoms with Gasteiger partial charge in [-0.1, -0.05) is 24.3 Å². The van der Waals surface area contributed by atoms with Crippen LogP contribution in [0.15, 0.2) is 36.4 Å². The molecule has 0 aliphatic carbocycles. The molecular formula is C17H18BFO4. The van der Waals surface area contributed by atoms with Gasteiger partial charge in [0, 0.05) is 24.2 Å². The lowest BCUT2D eigenvalue weighted by molar-refractivity contribution is 0.292. The molecule has 1 aliphatic rings. The van der Waals surface area contributed by atoms with Gasteiger partial charge in [0.15, 0.2) is 11.5 Å². The van der Waals surface area contributed by atoms with Crippen LogP contribution in [0.1, 0.15) is 11.5 Å². The Morgan fingerprint density at radius 3 is 2.57 bits per heavy atom. The van der Waals surface area contributed by atoms with Gasteiger partial charge < -0.3 is 19.2 Å². The van der Waals surface area contributed by atoms with Crippen molar-refractivity contribution in [3.8, 4) is 22.6 Å². The van der Waals surface area contributed by atoms with Gasteiger partial charge in [0.2, 0.25) is 0 Å². The van der Waals surface area contributed by atoms with Crippen LogP contribution in [-0.2, 0) is 4.65 Å². The Morgan fingerprint density at radius 1 is 1.17 bits per heavy atom. The number of halogens is 1. The molecule has 23 heavy (non-hydrogen) atoms. The van der Waals surface area contributed by atoms with Gasteiger partial charge in [-0.05, 0) is 23.5 Å². The molecule has 0 spiro atoms. The fraction of sp³-hybridized carbons (Fsp3) is 0.294. The van der Waals surface area contributed by atoms with Gasteiger partial charge in [-0.3, -0.25) is 0 Å². The molecule has 0 aromatic heterocycles. The van der Waals surface area contributed by atoms with Gasteiger partial charge in [-0.2, -0.15) is 0 Å². The van der Waals surface area contributed by atoms with Gasteiger partial charge in [0.1, 0.15) is 5.82 Å². The zero-order valence-electron chi connectivity index (χ0n) is 13.1. The quantitative estimate of drug-likeness (QED) is 0.881. The molecule has 3 rings (SSSR count). The van der Waals surface area contributed by atoms with Crippen molar-refractivity contribution >= 4 is 7.12 Å². The lowest BCUT2D eigenvalue weighted by atomic mass is 9.79. The first kappa shape index (κ1) is 15.8. The van der Waals surface area contributed by atoms with Crippen molar-refractivity contribution in [2.45, 2.75) is 12.2 Å². The van der Waals surface area contributed by atoms with Gasteiger partial charge in [0.05, 0.1) is 14.2 Å². The maximum Gasteiger partial charge on any atom is 0.454 e. The highest BCUT2D eigenvalue weighted by atomic mass is 19.1. The number of hydrogen-bond donors (Lipinski definition) is 1. The maximum atomic E-state index is 14.4. The minimum absolute atomic E-state index is 0.119. The van der Waals surface area contributed by atoms with Crippen LogP contribution < -0.4 is 9.47 Å². The predicted octanol–water partition coefficient (Wildman–Crippen LogP) is 3.10. The summed E-state index contributed by atoms with van der Waals surface area (Å²) in [5, 5.41) is 9.50. The van der Waals surface area contributed by atoms with E-state index in [1.807, 2.05) is 24.3 Å². The molecule has 1 heterocycles. The van der Waals surface area contributed by atoms with E-state index in [2.05, 4.69) is 0 Å². The second-order valence-corrected chi connectivity index (χ2v) is 5.53. The maximum absolute atomic E-state index is 14.4. The summed E-state index contributed by atoms with van der Waals surface area (Å²) in [6.07, 6.45) is 0.553. The third-order valence-corrected chi connectivity index (χ3v) is 4.12. The molecule has 4 nitrogen and oxygen atoms in total. The van der Waals surface area contributed by atoms with E-state index in [-0.39, 0.29) is 11.7 Å². The van der Waals surface area contributed by atoms with Crippen LogP contribution in [-0.4, -0.2) is 33.0 Å². The Bertz CT molecular complexity index is 707. The Kier molecular flexibility index (Phi) is 4.55. The summed E-state index contributed by atoms with van der Waals surface area (Å²) in [5.41, 5.74) is 2.22. The largest absolute Gasteiger partial charge is 0.493 e. The molecule has 0 bridgehead atoms. The van der Waals surface area contributed by atoms with E-state index in [0.29, 0.717) is 30.0 Å². The zero-order valence-corrected chi connectivity index (χ0v) is 13.1. The predicted molar refractivity (Wildman–Crippen MR) is 86.4 cm³/mol. The summed E-state index contributed by atoms with van der Waals surface area (Å²) < 4.78 is 30.0. The lowest BCUT2D eigenvalue weighted by Crippen LogP contribution is -2.07. The highest BCUT2D eigenvalue weighted by Crippen LogP contribution is 2.36. The monoisotopic (exact) mass is 316 g/mol. The van der Waals surface area contributed by atoms with Crippen molar-refractivity contribution in [1.82, 2.24) is 0 Å². The number of hydrogen-bond acceptors (Lipinski definition) is 4. The summed E-state index contributed by atoms with van der Waals surface area (Å²) in [6.45, 7) is 0.471. The molecule has 1 N–H and O–H groups in total. The van der Waals surface area contributed by atoms with E-state index < -0.39 is 7.12 Å². The SMILES string of the molecule is COc1cc(F)c(-c2cccc(C3COB(O)C3)c2)cc1OC. The van der Waals surface area contributed by atoms with Gasteiger partial charge in [-0.15, -0.1) is 0 Å². The molecule has 2 aromatic rings. The van der Waals surface area contributed by atoms with Crippen LogP contribution in [0.2, 0.25) is 6.32 Å². The average Bonchev–Trinajstić information content (AvgIpc) is 3.01. The molecule has 0 amide bonds. The third kappa shape index (κ3) is 3.18. The smallest absolute Gasteiger partial charge is 0.454 e. The van der Waals surface area contributed by atoms with Gasteiger partial charge in [0.25, 0.3) is 0 Å². The first-order valence-corrected chi connectivity index (χ1v) is 7.44. The Balaban J connectivity index is 1.99. The van der Waals surface area contributed by atoms with E-state index in [4.69, 9.17) is 14.1 Å². The molecule has 120 valence electrons. The summed E-state index contributed by atoms with van der Waals surface area (Å²) >= 11 is 0. The molecule has 6 heteroatoms. The molecule has 1 aliphatic heterocycles. The number of benzene rings is 2. The van der Waals surface area contributed by atoms with Gasteiger partial charge in [-0.25, -0.2) is 4.39 Å². The van der Waals surface area contributed by atoms with Crippen LogP contribution in [0.25, 0.3) is 11.1 Å².